The van der Waals surface area contributed by atoms with E-state index in [0.29, 0.717) is 0 Å². The van der Waals surface area contributed by atoms with E-state index in [-0.39, 0.29) is 0 Å². The van der Waals surface area contributed by atoms with Crippen LogP contribution in [0.1, 0.15) is 18.1 Å². The first-order valence-corrected chi connectivity index (χ1v) is 6.93. The summed E-state index contributed by atoms with van der Waals surface area (Å²) in [5, 5.41) is 8.29. The second-order valence-corrected chi connectivity index (χ2v) is 4.61. The van der Waals surface area contributed by atoms with Crippen molar-refractivity contribution in [1.29, 1.82) is 0 Å². The Morgan fingerprint density at radius 3 is 1.95 bits per heavy atom. The van der Waals surface area contributed by atoms with E-state index in [1.165, 1.54) is 11.6 Å². The van der Waals surface area contributed by atoms with Crippen molar-refractivity contribution in [2.45, 2.75) is 6.92 Å². The van der Waals surface area contributed by atoms with Crippen molar-refractivity contribution in [2.75, 3.05) is 0 Å². The fourth-order valence-electron chi connectivity index (χ4n) is 1.59. The lowest BCUT2D eigenvalue weighted by molar-refractivity contribution is -0.131. The molecule has 22 heavy (non-hydrogen) atoms. The van der Waals surface area contributed by atoms with Gasteiger partial charge in [-0.05, 0) is 18.1 Å². The van der Waals surface area contributed by atoms with Crippen molar-refractivity contribution in [3.63, 3.8) is 0 Å². The first-order chi connectivity index (χ1) is 10.6. The predicted molar refractivity (Wildman–Crippen MR) is 93.4 cm³/mol. The zero-order valence-corrected chi connectivity index (χ0v) is 12.6. The van der Waals surface area contributed by atoms with E-state index in [1.807, 2.05) is 61.5 Å². The Balaban J connectivity index is 0.000000235. The van der Waals surface area contributed by atoms with Crippen LogP contribution in [0.25, 0.3) is 11.6 Å². The van der Waals surface area contributed by atoms with Crippen LogP contribution in [0.2, 0.25) is 0 Å². The number of benzene rings is 2. The van der Waals surface area contributed by atoms with Crippen LogP contribution < -0.4 is 0 Å². The quantitative estimate of drug-likeness (QED) is 0.631. The molecule has 0 aromatic heterocycles. The van der Waals surface area contributed by atoms with Gasteiger partial charge in [0, 0.05) is 6.08 Å². The van der Waals surface area contributed by atoms with Crippen molar-refractivity contribution < 1.29 is 9.90 Å². The van der Waals surface area contributed by atoms with Crippen LogP contribution in [-0.2, 0) is 4.79 Å². The minimum absolute atomic E-state index is 0.933. The summed E-state index contributed by atoms with van der Waals surface area (Å²) < 4.78 is 0. The monoisotopic (exact) mass is 292 g/mol. The maximum Gasteiger partial charge on any atom is 0.328 e. The fourth-order valence-corrected chi connectivity index (χ4v) is 1.59. The molecule has 0 amide bonds. The molecule has 1 N–H and O–H groups in total. The number of rotatable bonds is 4. The molecule has 0 fully saturated rings. The van der Waals surface area contributed by atoms with Crippen molar-refractivity contribution in [1.82, 2.24) is 0 Å². The van der Waals surface area contributed by atoms with E-state index in [4.69, 9.17) is 5.11 Å². The topological polar surface area (TPSA) is 37.3 Å². The van der Waals surface area contributed by atoms with E-state index in [1.54, 1.807) is 6.08 Å². The second kappa shape index (κ2) is 9.94. The Hall–Kier alpha value is -2.87. The fraction of sp³-hybridized carbons (Fsp3) is 0.0500. The van der Waals surface area contributed by atoms with Gasteiger partial charge in [0.2, 0.25) is 0 Å². The molecular formula is C20H20O2. The van der Waals surface area contributed by atoms with Crippen LogP contribution in [0.4, 0.5) is 0 Å². The zero-order valence-electron chi connectivity index (χ0n) is 12.6. The van der Waals surface area contributed by atoms with E-state index in [9.17, 15) is 4.79 Å². The van der Waals surface area contributed by atoms with Crippen molar-refractivity contribution in [3.05, 3.63) is 96.6 Å². The molecule has 112 valence electrons. The van der Waals surface area contributed by atoms with Crippen LogP contribution in [-0.4, -0.2) is 11.1 Å². The lowest BCUT2D eigenvalue weighted by Crippen LogP contribution is -1.84. The van der Waals surface area contributed by atoms with Crippen molar-refractivity contribution in [2.24, 2.45) is 0 Å². The lowest BCUT2D eigenvalue weighted by atomic mass is 10.1. The number of allylic oxidation sites excluding steroid dienone is 3. The van der Waals surface area contributed by atoms with Gasteiger partial charge in [0.1, 0.15) is 0 Å². The molecule has 0 aliphatic carbocycles. The van der Waals surface area contributed by atoms with Crippen molar-refractivity contribution in [3.8, 4) is 0 Å². The van der Waals surface area contributed by atoms with Gasteiger partial charge in [-0.2, -0.15) is 0 Å². The maximum atomic E-state index is 10.1. The third kappa shape index (κ3) is 7.65. The molecule has 2 aromatic rings. The van der Waals surface area contributed by atoms with Gasteiger partial charge < -0.3 is 5.11 Å². The Bertz CT molecular complexity index is 638. The summed E-state index contributed by atoms with van der Waals surface area (Å²) in [5.74, 6) is -0.933. The van der Waals surface area contributed by atoms with E-state index >= 15 is 0 Å². The third-order valence-corrected chi connectivity index (χ3v) is 2.70. The summed E-state index contributed by atoms with van der Waals surface area (Å²) in [5.41, 5.74) is 3.39. The number of hydrogen-bond donors (Lipinski definition) is 1. The Labute approximate surface area is 131 Å². The molecule has 0 radical (unpaired) electrons. The molecule has 2 aromatic carbocycles. The highest BCUT2D eigenvalue weighted by Crippen LogP contribution is 2.08. The highest BCUT2D eigenvalue weighted by atomic mass is 16.4. The van der Waals surface area contributed by atoms with Gasteiger partial charge in [0.05, 0.1) is 0 Å². The largest absolute Gasteiger partial charge is 0.478 e. The summed E-state index contributed by atoms with van der Waals surface area (Å²) in [4.78, 5) is 10.1. The highest BCUT2D eigenvalue weighted by Gasteiger charge is 1.86. The SMILES string of the molecule is C=C(C)c1ccccc1.O=C(O)C=CC=Cc1ccccc1. The molecule has 2 rings (SSSR count). The van der Waals surface area contributed by atoms with E-state index in [2.05, 4.69) is 18.7 Å². The minimum Gasteiger partial charge on any atom is -0.478 e. The summed E-state index contributed by atoms with van der Waals surface area (Å²) in [7, 11) is 0. The van der Waals surface area contributed by atoms with Gasteiger partial charge in [-0.25, -0.2) is 4.79 Å². The van der Waals surface area contributed by atoms with Gasteiger partial charge in [-0.1, -0.05) is 91.0 Å². The number of hydrogen-bond acceptors (Lipinski definition) is 1. The first kappa shape index (κ1) is 17.2. The molecule has 0 saturated heterocycles. The highest BCUT2D eigenvalue weighted by molar-refractivity contribution is 5.80. The van der Waals surface area contributed by atoms with Crippen LogP contribution in [0.5, 0.6) is 0 Å². The summed E-state index contributed by atoms with van der Waals surface area (Å²) in [6, 6.07) is 19.9. The number of carbonyl (C=O) groups is 1. The summed E-state index contributed by atoms with van der Waals surface area (Å²) in [6.07, 6.45) is 6.14. The van der Waals surface area contributed by atoms with E-state index in [0.717, 1.165) is 17.2 Å². The smallest absolute Gasteiger partial charge is 0.328 e. The average Bonchev–Trinajstić information content (AvgIpc) is 2.54. The van der Waals surface area contributed by atoms with Crippen molar-refractivity contribution >= 4 is 17.6 Å². The van der Waals surface area contributed by atoms with Crippen LogP contribution in [0, 0.1) is 0 Å². The predicted octanol–water partition coefficient (Wildman–Crippen LogP) is 5.06. The van der Waals surface area contributed by atoms with Gasteiger partial charge in [0.15, 0.2) is 0 Å². The number of carboxylic acid groups (broad SMARTS) is 1. The van der Waals surface area contributed by atoms with Gasteiger partial charge in [-0.15, -0.1) is 0 Å². The summed E-state index contributed by atoms with van der Waals surface area (Å²) >= 11 is 0. The normalized spacial score (nSPS) is 10.2. The van der Waals surface area contributed by atoms with Crippen LogP contribution in [0.3, 0.4) is 0 Å². The molecule has 0 aliphatic rings. The average molecular weight is 292 g/mol. The van der Waals surface area contributed by atoms with Crippen LogP contribution in [0.15, 0.2) is 85.5 Å². The molecule has 0 heterocycles. The zero-order chi connectivity index (χ0) is 16.2. The molecular weight excluding hydrogens is 272 g/mol. The second-order valence-electron chi connectivity index (χ2n) is 4.61. The Morgan fingerprint density at radius 1 is 0.955 bits per heavy atom. The van der Waals surface area contributed by atoms with Gasteiger partial charge >= 0.3 is 5.97 Å². The Morgan fingerprint density at radius 2 is 1.50 bits per heavy atom. The molecule has 0 atom stereocenters. The molecule has 2 heteroatoms. The van der Waals surface area contributed by atoms with E-state index < -0.39 is 5.97 Å². The molecule has 0 bridgehead atoms. The maximum absolute atomic E-state index is 10.1. The number of carboxylic acids is 1. The first-order valence-electron chi connectivity index (χ1n) is 6.93. The molecule has 2 nitrogen and oxygen atoms in total. The number of aliphatic carboxylic acids is 1. The standard InChI is InChI=1S/C11H10O2.C9H10/c12-11(13)9-5-4-8-10-6-2-1-3-7-10;1-8(2)9-6-4-3-5-7-9/h1-9H,(H,12,13);3-7H,1H2,2H3. The minimum atomic E-state index is -0.933. The molecule has 0 aliphatic heterocycles. The third-order valence-electron chi connectivity index (χ3n) is 2.70. The summed E-state index contributed by atoms with van der Waals surface area (Å²) in [6.45, 7) is 5.83. The van der Waals surface area contributed by atoms with Gasteiger partial charge in [0.25, 0.3) is 0 Å². The Kier molecular flexibility index (Phi) is 7.77. The molecule has 0 unspecified atom stereocenters. The molecule has 0 spiro atoms. The molecule has 0 saturated carbocycles. The van der Waals surface area contributed by atoms with Crippen LogP contribution >= 0.6 is 0 Å². The lowest BCUT2D eigenvalue weighted by Gasteiger charge is -1.94. The van der Waals surface area contributed by atoms with Gasteiger partial charge in [-0.3, -0.25) is 0 Å².